The molecule has 13 heavy (non-hydrogen) atoms. The van der Waals surface area contributed by atoms with E-state index in [0.717, 1.165) is 12.8 Å². The summed E-state index contributed by atoms with van der Waals surface area (Å²) in [6.45, 7) is 2.00. The molecule has 0 atom stereocenters. The predicted octanol–water partition coefficient (Wildman–Crippen LogP) is 0.709. The van der Waals surface area contributed by atoms with Crippen molar-refractivity contribution < 1.29 is 9.53 Å². The topological polar surface area (TPSA) is 62.1 Å². The lowest BCUT2D eigenvalue weighted by molar-refractivity contribution is -0.138. The first-order chi connectivity index (χ1) is 6.27. The Morgan fingerprint density at radius 1 is 1.77 bits per heavy atom. The molecule has 70 valence electrons. The van der Waals surface area contributed by atoms with Crippen molar-refractivity contribution in [1.82, 2.24) is 5.32 Å². The highest BCUT2D eigenvalue weighted by Gasteiger charge is 2.20. The Labute approximate surface area is 77.2 Å². The molecule has 1 aliphatic rings. The number of rotatable bonds is 4. The zero-order valence-corrected chi connectivity index (χ0v) is 7.54. The standard InChI is InChI=1S/C9H12N2O2/c1-2-13-9(12)7(5-10)6-11-8-3-4-8/h6,8,11H,2-4H2,1H3/b7-6+. The second kappa shape index (κ2) is 4.51. The molecular formula is C9H12N2O2. The molecule has 1 saturated carbocycles. The third kappa shape index (κ3) is 3.16. The van der Waals surface area contributed by atoms with Crippen molar-refractivity contribution in [2.24, 2.45) is 0 Å². The van der Waals surface area contributed by atoms with Gasteiger partial charge in [0.2, 0.25) is 0 Å². The van der Waals surface area contributed by atoms with Crippen LogP contribution in [-0.4, -0.2) is 18.6 Å². The molecule has 0 heterocycles. The maximum Gasteiger partial charge on any atom is 0.350 e. The monoisotopic (exact) mass is 180 g/mol. The lowest BCUT2D eigenvalue weighted by Gasteiger charge is -2.00. The van der Waals surface area contributed by atoms with Crippen molar-refractivity contribution >= 4 is 5.97 Å². The van der Waals surface area contributed by atoms with Crippen LogP contribution in [-0.2, 0) is 9.53 Å². The van der Waals surface area contributed by atoms with Crippen LogP contribution in [0.3, 0.4) is 0 Å². The van der Waals surface area contributed by atoms with Gasteiger partial charge in [0.15, 0.2) is 5.57 Å². The summed E-state index contributed by atoms with van der Waals surface area (Å²) in [5.41, 5.74) is 0.0359. The zero-order chi connectivity index (χ0) is 9.68. The van der Waals surface area contributed by atoms with Crippen LogP contribution >= 0.6 is 0 Å². The summed E-state index contributed by atoms with van der Waals surface area (Å²) in [5.74, 6) is -0.557. The van der Waals surface area contributed by atoms with Crippen molar-refractivity contribution in [3.63, 3.8) is 0 Å². The Hall–Kier alpha value is -1.50. The second-order valence-electron chi connectivity index (χ2n) is 2.83. The summed E-state index contributed by atoms with van der Waals surface area (Å²) >= 11 is 0. The number of carbonyl (C=O) groups excluding carboxylic acids is 1. The van der Waals surface area contributed by atoms with Gasteiger partial charge in [-0.25, -0.2) is 4.79 Å². The molecule has 1 fully saturated rings. The summed E-state index contributed by atoms with van der Waals surface area (Å²) in [4.78, 5) is 11.1. The first kappa shape index (κ1) is 9.59. The van der Waals surface area contributed by atoms with E-state index in [-0.39, 0.29) is 5.57 Å². The minimum atomic E-state index is -0.557. The number of esters is 1. The second-order valence-corrected chi connectivity index (χ2v) is 2.83. The first-order valence-electron chi connectivity index (χ1n) is 4.31. The Morgan fingerprint density at radius 3 is 2.92 bits per heavy atom. The molecule has 0 aromatic carbocycles. The Kier molecular flexibility index (Phi) is 3.32. The number of carbonyl (C=O) groups is 1. The minimum Gasteiger partial charge on any atom is -0.462 e. The first-order valence-corrected chi connectivity index (χ1v) is 4.31. The van der Waals surface area contributed by atoms with Crippen LogP contribution in [0.5, 0.6) is 0 Å². The number of nitrogens with one attached hydrogen (secondary N) is 1. The van der Waals surface area contributed by atoms with Gasteiger partial charge >= 0.3 is 5.97 Å². The quantitative estimate of drug-likeness (QED) is 0.393. The van der Waals surface area contributed by atoms with Gasteiger partial charge < -0.3 is 10.1 Å². The SMILES string of the molecule is CCOC(=O)/C(C#N)=C/NC1CC1. The molecule has 4 heteroatoms. The molecule has 1 aliphatic carbocycles. The predicted molar refractivity (Wildman–Crippen MR) is 46.5 cm³/mol. The van der Waals surface area contributed by atoms with E-state index >= 15 is 0 Å². The number of ether oxygens (including phenoxy) is 1. The van der Waals surface area contributed by atoms with Gasteiger partial charge in [-0.2, -0.15) is 5.26 Å². The molecule has 0 bridgehead atoms. The van der Waals surface area contributed by atoms with E-state index < -0.39 is 5.97 Å². The molecule has 0 unspecified atom stereocenters. The van der Waals surface area contributed by atoms with Gasteiger partial charge in [0.1, 0.15) is 6.07 Å². The fraction of sp³-hybridized carbons (Fsp3) is 0.556. The Morgan fingerprint density at radius 2 is 2.46 bits per heavy atom. The average molecular weight is 180 g/mol. The normalized spacial score (nSPS) is 16.2. The van der Waals surface area contributed by atoms with Crippen LogP contribution in [0, 0.1) is 11.3 Å². The lowest BCUT2D eigenvalue weighted by Crippen LogP contribution is -2.13. The molecule has 0 radical (unpaired) electrons. The molecule has 1 rings (SSSR count). The third-order valence-electron chi connectivity index (χ3n) is 1.66. The van der Waals surface area contributed by atoms with Crippen LogP contribution in [0.1, 0.15) is 19.8 Å². The van der Waals surface area contributed by atoms with Crippen LogP contribution in [0.2, 0.25) is 0 Å². The van der Waals surface area contributed by atoms with Crippen molar-refractivity contribution in [3.05, 3.63) is 11.8 Å². The molecule has 0 aliphatic heterocycles. The van der Waals surface area contributed by atoms with E-state index in [9.17, 15) is 4.79 Å². The molecule has 0 amide bonds. The number of nitriles is 1. The smallest absolute Gasteiger partial charge is 0.350 e. The number of hydrogen-bond acceptors (Lipinski definition) is 4. The van der Waals surface area contributed by atoms with E-state index in [4.69, 9.17) is 5.26 Å². The Balaban J connectivity index is 2.44. The van der Waals surface area contributed by atoms with Gasteiger partial charge in [-0.15, -0.1) is 0 Å². The maximum atomic E-state index is 11.1. The van der Waals surface area contributed by atoms with E-state index in [1.54, 1.807) is 13.0 Å². The highest BCUT2D eigenvalue weighted by Crippen LogP contribution is 2.18. The fourth-order valence-corrected chi connectivity index (χ4v) is 0.797. The van der Waals surface area contributed by atoms with E-state index in [1.165, 1.54) is 6.20 Å². The summed E-state index contributed by atoms with van der Waals surface area (Å²) in [6.07, 6.45) is 3.66. The highest BCUT2D eigenvalue weighted by atomic mass is 16.5. The van der Waals surface area contributed by atoms with E-state index in [2.05, 4.69) is 10.1 Å². The summed E-state index contributed by atoms with van der Waals surface area (Å²) in [6, 6.07) is 2.24. The molecule has 0 aromatic rings. The van der Waals surface area contributed by atoms with E-state index in [1.807, 2.05) is 0 Å². The minimum absolute atomic E-state index is 0.0359. The maximum absolute atomic E-state index is 11.1. The Bertz CT molecular complexity index is 261. The molecular weight excluding hydrogens is 168 g/mol. The fourth-order valence-electron chi connectivity index (χ4n) is 0.797. The van der Waals surface area contributed by atoms with Gasteiger partial charge in [0.25, 0.3) is 0 Å². The van der Waals surface area contributed by atoms with Crippen LogP contribution in [0.25, 0.3) is 0 Å². The van der Waals surface area contributed by atoms with Crippen LogP contribution < -0.4 is 5.32 Å². The van der Waals surface area contributed by atoms with Crippen LogP contribution in [0.4, 0.5) is 0 Å². The summed E-state index contributed by atoms with van der Waals surface area (Å²) in [7, 11) is 0. The molecule has 0 spiro atoms. The molecule has 1 N–H and O–H groups in total. The summed E-state index contributed by atoms with van der Waals surface area (Å²) in [5, 5.41) is 11.6. The van der Waals surface area contributed by atoms with Gasteiger partial charge in [-0.05, 0) is 19.8 Å². The lowest BCUT2D eigenvalue weighted by atomic mass is 10.3. The summed E-state index contributed by atoms with van der Waals surface area (Å²) < 4.78 is 4.68. The van der Waals surface area contributed by atoms with Gasteiger partial charge in [0.05, 0.1) is 6.61 Å². The average Bonchev–Trinajstić information content (AvgIpc) is 2.89. The highest BCUT2D eigenvalue weighted by molar-refractivity contribution is 5.92. The van der Waals surface area contributed by atoms with Gasteiger partial charge in [-0.1, -0.05) is 0 Å². The van der Waals surface area contributed by atoms with Crippen LogP contribution in [0.15, 0.2) is 11.8 Å². The van der Waals surface area contributed by atoms with Gasteiger partial charge in [-0.3, -0.25) is 0 Å². The van der Waals surface area contributed by atoms with Crippen molar-refractivity contribution in [3.8, 4) is 6.07 Å². The van der Waals surface area contributed by atoms with Crippen molar-refractivity contribution in [1.29, 1.82) is 5.26 Å². The van der Waals surface area contributed by atoms with Crippen molar-refractivity contribution in [2.45, 2.75) is 25.8 Å². The number of nitrogens with zero attached hydrogens (tertiary/aromatic N) is 1. The van der Waals surface area contributed by atoms with E-state index in [0.29, 0.717) is 12.6 Å². The van der Waals surface area contributed by atoms with Crippen molar-refractivity contribution in [2.75, 3.05) is 6.61 Å². The molecule has 0 saturated heterocycles. The number of hydrogen-bond donors (Lipinski definition) is 1. The largest absolute Gasteiger partial charge is 0.462 e. The zero-order valence-electron chi connectivity index (χ0n) is 7.54. The van der Waals surface area contributed by atoms with Gasteiger partial charge in [0, 0.05) is 12.2 Å². The third-order valence-corrected chi connectivity index (χ3v) is 1.66. The molecule has 4 nitrogen and oxygen atoms in total. The molecule has 0 aromatic heterocycles.